The molecule has 1 saturated heterocycles. The second-order valence-corrected chi connectivity index (χ2v) is 5.54. The summed E-state index contributed by atoms with van der Waals surface area (Å²) in [6.07, 6.45) is -4.52. The van der Waals surface area contributed by atoms with Crippen LogP contribution in [0.2, 0.25) is 0 Å². The first-order valence-corrected chi connectivity index (χ1v) is 7.52. The lowest BCUT2D eigenvalue weighted by atomic mass is 10.2. The molecular weight excluding hydrogens is 331 g/mol. The van der Waals surface area contributed by atoms with Gasteiger partial charge in [0.1, 0.15) is 11.6 Å². The number of nitrogens with one attached hydrogen (secondary N) is 2. The zero-order valence-electron chi connectivity index (χ0n) is 13.1. The fraction of sp³-hybridized carbons (Fsp3) is 0.533. The molecule has 0 aromatic heterocycles. The fourth-order valence-electron chi connectivity index (χ4n) is 2.55. The quantitative estimate of drug-likeness (QED) is 0.498. The number of aliphatic imine (C=N–C) groups is 1. The molecule has 2 N–H and O–H groups in total. The van der Waals surface area contributed by atoms with Gasteiger partial charge in [-0.15, -0.1) is 0 Å². The molecule has 1 fully saturated rings. The Labute approximate surface area is 136 Å². The molecule has 0 saturated carbocycles. The summed E-state index contributed by atoms with van der Waals surface area (Å²) in [6, 6.07) is 3.31. The smallest absolute Gasteiger partial charge is 0.367 e. The lowest BCUT2D eigenvalue weighted by Gasteiger charge is -2.21. The predicted molar refractivity (Wildman–Crippen MR) is 82.1 cm³/mol. The summed E-state index contributed by atoms with van der Waals surface area (Å²) in [4.78, 5) is 5.64. The first kappa shape index (κ1) is 18.3. The number of anilines is 1. The van der Waals surface area contributed by atoms with E-state index >= 15 is 0 Å². The third-order valence-corrected chi connectivity index (χ3v) is 3.70. The number of hydrogen-bond acceptors (Lipinski definition) is 2. The Hall–Kier alpha value is -2.06. The summed E-state index contributed by atoms with van der Waals surface area (Å²) in [5, 5.41) is 5.62. The van der Waals surface area contributed by atoms with Crippen molar-refractivity contribution >= 4 is 11.6 Å². The summed E-state index contributed by atoms with van der Waals surface area (Å²) in [5.41, 5.74) is 0.306. The standard InChI is InChI=1S/C15H19F5N4/c1-21-14(22-6-5-15(18,19)20)23-11-4-7-24(9-11)13-3-2-10(16)8-12(13)17/h2-3,8,11H,4-7,9H2,1H3,(H2,21,22,23). The van der Waals surface area contributed by atoms with Gasteiger partial charge in [0.15, 0.2) is 5.96 Å². The Morgan fingerprint density at radius 3 is 2.71 bits per heavy atom. The maximum Gasteiger partial charge on any atom is 0.390 e. The fourth-order valence-corrected chi connectivity index (χ4v) is 2.55. The number of alkyl halides is 3. The Morgan fingerprint density at radius 1 is 1.33 bits per heavy atom. The molecule has 134 valence electrons. The van der Waals surface area contributed by atoms with Gasteiger partial charge in [0.2, 0.25) is 0 Å². The van der Waals surface area contributed by atoms with Gasteiger partial charge in [-0.3, -0.25) is 4.99 Å². The van der Waals surface area contributed by atoms with E-state index < -0.39 is 24.2 Å². The number of benzene rings is 1. The van der Waals surface area contributed by atoms with Gasteiger partial charge < -0.3 is 15.5 Å². The average molecular weight is 350 g/mol. The van der Waals surface area contributed by atoms with Crippen LogP contribution in [0.1, 0.15) is 12.8 Å². The lowest BCUT2D eigenvalue weighted by molar-refractivity contribution is -0.132. The first-order chi connectivity index (χ1) is 11.3. The zero-order valence-corrected chi connectivity index (χ0v) is 13.1. The summed E-state index contributed by atoms with van der Waals surface area (Å²) < 4.78 is 63.2. The van der Waals surface area contributed by atoms with Crippen LogP contribution in [0.3, 0.4) is 0 Å². The Morgan fingerprint density at radius 2 is 2.08 bits per heavy atom. The highest BCUT2D eigenvalue weighted by molar-refractivity contribution is 5.80. The van der Waals surface area contributed by atoms with E-state index in [4.69, 9.17) is 0 Å². The molecule has 1 aromatic carbocycles. The van der Waals surface area contributed by atoms with Crippen LogP contribution in [0.5, 0.6) is 0 Å². The predicted octanol–water partition coefficient (Wildman–Crippen LogP) is 2.66. The van der Waals surface area contributed by atoms with Crippen LogP contribution in [-0.4, -0.2) is 44.9 Å². The summed E-state index contributed by atoms with van der Waals surface area (Å²) in [7, 11) is 1.47. The van der Waals surface area contributed by atoms with E-state index in [9.17, 15) is 22.0 Å². The maximum atomic E-state index is 13.8. The monoisotopic (exact) mass is 350 g/mol. The molecule has 1 atom stereocenters. The highest BCUT2D eigenvalue weighted by atomic mass is 19.4. The van der Waals surface area contributed by atoms with Gasteiger partial charge in [0, 0.05) is 38.8 Å². The van der Waals surface area contributed by atoms with Crippen LogP contribution < -0.4 is 15.5 Å². The van der Waals surface area contributed by atoms with Crippen molar-refractivity contribution in [2.45, 2.75) is 25.1 Å². The molecule has 1 aromatic rings. The third kappa shape index (κ3) is 5.24. The third-order valence-electron chi connectivity index (χ3n) is 3.70. The SMILES string of the molecule is CN=C(NCCC(F)(F)F)NC1CCN(c2ccc(F)cc2F)C1. The van der Waals surface area contributed by atoms with Gasteiger partial charge in [-0.05, 0) is 18.6 Å². The van der Waals surface area contributed by atoms with Crippen LogP contribution in [0.25, 0.3) is 0 Å². The van der Waals surface area contributed by atoms with E-state index in [0.717, 1.165) is 6.07 Å². The van der Waals surface area contributed by atoms with Crippen molar-refractivity contribution in [1.82, 2.24) is 10.6 Å². The van der Waals surface area contributed by atoms with E-state index in [2.05, 4.69) is 15.6 Å². The van der Waals surface area contributed by atoms with Crippen LogP contribution in [0, 0.1) is 11.6 Å². The van der Waals surface area contributed by atoms with Crippen molar-refractivity contribution in [3.05, 3.63) is 29.8 Å². The molecule has 0 amide bonds. The van der Waals surface area contributed by atoms with E-state index in [1.165, 1.54) is 19.2 Å². The Kier molecular flexibility index (Phi) is 5.84. The Bertz CT molecular complexity index is 588. The van der Waals surface area contributed by atoms with E-state index in [-0.39, 0.29) is 18.5 Å². The van der Waals surface area contributed by atoms with Crippen LogP contribution in [0.4, 0.5) is 27.6 Å². The van der Waals surface area contributed by atoms with Gasteiger partial charge in [-0.25, -0.2) is 8.78 Å². The zero-order chi connectivity index (χ0) is 17.7. The van der Waals surface area contributed by atoms with E-state index in [1.807, 2.05) is 0 Å². The molecule has 2 rings (SSSR count). The van der Waals surface area contributed by atoms with Gasteiger partial charge in [-0.1, -0.05) is 0 Å². The minimum atomic E-state index is -4.23. The highest BCUT2D eigenvalue weighted by Gasteiger charge is 2.27. The minimum Gasteiger partial charge on any atom is -0.367 e. The molecule has 1 aliphatic heterocycles. The molecule has 1 unspecified atom stereocenters. The average Bonchev–Trinajstić information content (AvgIpc) is 2.93. The van der Waals surface area contributed by atoms with Gasteiger partial charge >= 0.3 is 6.18 Å². The molecular formula is C15H19F5N4. The summed E-state index contributed by atoms with van der Waals surface area (Å²) in [6.45, 7) is 0.731. The highest BCUT2D eigenvalue weighted by Crippen LogP contribution is 2.24. The summed E-state index contributed by atoms with van der Waals surface area (Å²) >= 11 is 0. The summed E-state index contributed by atoms with van der Waals surface area (Å²) in [5.74, 6) is -1.01. The molecule has 0 radical (unpaired) electrons. The topological polar surface area (TPSA) is 39.7 Å². The van der Waals surface area contributed by atoms with Crippen molar-refractivity contribution in [2.75, 3.05) is 31.6 Å². The maximum absolute atomic E-state index is 13.8. The van der Waals surface area contributed by atoms with E-state index in [0.29, 0.717) is 25.2 Å². The van der Waals surface area contributed by atoms with Crippen molar-refractivity contribution < 1.29 is 22.0 Å². The van der Waals surface area contributed by atoms with E-state index in [1.54, 1.807) is 4.90 Å². The molecule has 24 heavy (non-hydrogen) atoms. The second-order valence-electron chi connectivity index (χ2n) is 5.54. The van der Waals surface area contributed by atoms with Crippen LogP contribution >= 0.6 is 0 Å². The molecule has 9 heteroatoms. The molecule has 0 aliphatic carbocycles. The van der Waals surface area contributed by atoms with Crippen molar-refractivity contribution in [2.24, 2.45) is 4.99 Å². The molecule has 4 nitrogen and oxygen atoms in total. The number of halogens is 5. The number of hydrogen-bond donors (Lipinski definition) is 2. The minimum absolute atomic E-state index is 0.0912. The van der Waals surface area contributed by atoms with Crippen molar-refractivity contribution in [1.29, 1.82) is 0 Å². The van der Waals surface area contributed by atoms with Gasteiger partial charge in [0.05, 0.1) is 12.1 Å². The second kappa shape index (κ2) is 7.67. The number of guanidine groups is 1. The number of nitrogens with zero attached hydrogens (tertiary/aromatic N) is 2. The van der Waals surface area contributed by atoms with Crippen LogP contribution in [0.15, 0.2) is 23.2 Å². The molecule has 0 bridgehead atoms. The first-order valence-electron chi connectivity index (χ1n) is 7.52. The Balaban J connectivity index is 1.86. The molecule has 0 spiro atoms. The molecule has 1 aliphatic rings. The van der Waals surface area contributed by atoms with Crippen molar-refractivity contribution in [3.8, 4) is 0 Å². The van der Waals surface area contributed by atoms with Crippen LogP contribution in [-0.2, 0) is 0 Å². The number of rotatable bonds is 4. The normalized spacial score (nSPS) is 18.8. The lowest BCUT2D eigenvalue weighted by Crippen LogP contribution is -2.45. The van der Waals surface area contributed by atoms with Gasteiger partial charge in [0.25, 0.3) is 0 Å². The largest absolute Gasteiger partial charge is 0.390 e. The van der Waals surface area contributed by atoms with Gasteiger partial charge in [-0.2, -0.15) is 13.2 Å². The van der Waals surface area contributed by atoms with Crippen molar-refractivity contribution in [3.63, 3.8) is 0 Å². The molecule has 1 heterocycles.